The fourth-order valence-corrected chi connectivity index (χ4v) is 3.47. The molecule has 0 aliphatic carbocycles. The van der Waals surface area contributed by atoms with Gasteiger partial charge in [-0.1, -0.05) is 0 Å². The number of piperidine rings is 1. The maximum Gasteiger partial charge on any atom is 0.320 e. The highest BCUT2D eigenvalue weighted by Gasteiger charge is 2.33. The van der Waals surface area contributed by atoms with Crippen LogP contribution in [-0.4, -0.2) is 73.2 Å². The zero-order valence-corrected chi connectivity index (χ0v) is 14.3. The van der Waals surface area contributed by atoms with Crippen molar-refractivity contribution in [2.75, 3.05) is 46.4 Å². The van der Waals surface area contributed by atoms with Crippen LogP contribution in [0.1, 0.15) is 19.3 Å². The predicted octanol–water partition coefficient (Wildman–Crippen LogP) is 2.43. The summed E-state index contributed by atoms with van der Waals surface area (Å²) in [6, 6.07) is 6.72. The lowest BCUT2D eigenvalue weighted by Gasteiger charge is -2.36. The summed E-state index contributed by atoms with van der Waals surface area (Å²) in [5.41, 5.74) is 0. The lowest BCUT2D eigenvalue weighted by Crippen LogP contribution is -2.46. The minimum atomic E-state index is -0.243. The maximum atomic E-state index is 12.8. The minimum Gasteiger partial charge on any atom is -0.494 e. The zero-order chi connectivity index (χ0) is 16.9. The third-order valence-corrected chi connectivity index (χ3v) is 4.95. The number of urea groups is 1. The van der Waals surface area contributed by atoms with Crippen molar-refractivity contribution in [1.82, 2.24) is 14.7 Å². The number of hydrogen-bond donors (Lipinski definition) is 0. The number of amides is 2. The van der Waals surface area contributed by atoms with Gasteiger partial charge in [0.05, 0.1) is 6.61 Å². The average Bonchev–Trinajstić information content (AvgIpc) is 2.93. The van der Waals surface area contributed by atoms with Crippen molar-refractivity contribution in [1.29, 1.82) is 0 Å². The number of likely N-dealkylation sites (tertiary alicyclic amines) is 1. The summed E-state index contributed by atoms with van der Waals surface area (Å²) in [6.45, 7) is 5.43. The monoisotopic (exact) mass is 335 g/mol. The number of ether oxygens (including phenoxy) is 1. The molecule has 6 heteroatoms. The molecule has 5 nitrogen and oxygen atoms in total. The molecule has 1 aromatic rings. The molecule has 3 rings (SSSR count). The molecule has 2 fully saturated rings. The van der Waals surface area contributed by atoms with Gasteiger partial charge >= 0.3 is 6.03 Å². The lowest BCUT2D eigenvalue weighted by molar-refractivity contribution is 0.127. The Morgan fingerprint density at radius 2 is 1.83 bits per heavy atom. The lowest BCUT2D eigenvalue weighted by atomic mass is 10.0. The van der Waals surface area contributed by atoms with Gasteiger partial charge in [-0.2, -0.15) is 0 Å². The number of likely N-dealkylation sites (N-methyl/N-ethyl adjacent to an activating group) is 1. The Morgan fingerprint density at radius 3 is 2.46 bits per heavy atom. The molecule has 2 heterocycles. The number of carbonyl (C=O) groups is 1. The van der Waals surface area contributed by atoms with E-state index in [0.29, 0.717) is 18.4 Å². The number of nitrogens with zero attached hydrogens (tertiary/aromatic N) is 3. The van der Waals surface area contributed by atoms with Crippen LogP contribution in [0, 0.1) is 5.82 Å². The van der Waals surface area contributed by atoms with E-state index in [4.69, 9.17) is 4.74 Å². The van der Waals surface area contributed by atoms with Gasteiger partial charge in [-0.15, -0.1) is 0 Å². The Balaban J connectivity index is 1.32. The molecule has 0 saturated carbocycles. The van der Waals surface area contributed by atoms with Gasteiger partial charge in [0.1, 0.15) is 11.6 Å². The van der Waals surface area contributed by atoms with Gasteiger partial charge in [-0.3, -0.25) is 0 Å². The fourth-order valence-electron chi connectivity index (χ4n) is 3.47. The van der Waals surface area contributed by atoms with Gasteiger partial charge in [0.25, 0.3) is 0 Å². The molecular formula is C18H26FN3O2. The summed E-state index contributed by atoms with van der Waals surface area (Å²) in [5, 5.41) is 0. The van der Waals surface area contributed by atoms with E-state index < -0.39 is 0 Å². The third-order valence-electron chi connectivity index (χ3n) is 4.95. The molecule has 24 heavy (non-hydrogen) atoms. The second-order valence-corrected chi connectivity index (χ2v) is 6.63. The van der Waals surface area contributed by atoms with Crippen molar-refractivity contribution in [3.63, 3.8) is 0 Å². The van der Waals surface area contributed by atoms with E-state index >= 15 is 0 Å². The van der Waals surface area contributed by atoms with Crippen LogP contribution in [0.2, 0.25) is 0 Å². The summed E-state index contributed by atoms with van der Waals surface area (Å²) < 4.78 is 18.4. The van der Waals surface area contributed by atoms with Crippen molar-refractivity contribution < 1.29 is 13.9 Å². The maximum absolute atomic E-state index is 12.8. The van der Waals surface area contributed by atoms with Crippen LogP contribution < -0.4 is 4.74 Å². The first kappa shape index (κ1) is 17.0. The van der Waals surface area contributed by atoms with Crippen LogP contribution in [0.5, 0.6) is 5.75 Å². The summed E-state index contributed by atoms with van der Waals surface area (Å²) in [7, 11) is 1.87. The number of hydrogen-bond acceptors (Lipinski definition) is 3. The normalized spacial score (nSPS) is 20.0. The van der Waals surface area contributed by atoms with E-state index in [-0.39, 0.29) is 11.8 Å². The molecule has 1 aromatic carbocycles. The first-order chi connectivity index (χ1) is 11.6. The van der Waals surface area contributed by atoms with Crippen molar-refractivity contribution in [2.24, 2.45) is 0 Å². The van der Waals surface area contributed by atoms with Crippen LogP contribution in [0.4, 0.5) is 9.18 Å². The highest BCUT2D eigenvalue weighted by molar-refractivity contribution is 5.76. The fraction of sp³-hybridized carbons (Fsp3) is 0.611. The van der Waals surface area contributed by atoms with E-state index in [1.54, 1.807) is 17.0 Å². The van der Waals surface area contributed by atoms with Crippen LogP contribution in [0.25, 0.3) is 0 Å². The Morgan fingerprint density at radius 1 is 1.12 bits per heavy atom. The molecule has 0 unspecified atom stereocenters. The molecule has 0 radical (unpaired) electrons. The Labute approximate surface area is 143 Å². The number of benzene rings is 1. The molecule has 0 bridgehead atoms. The van der Waals surface area contributed by atoms with E-state index in [9.17, 15) is 9.18 Å². The summed E-state index contributed by atoms with van der Waals surface area (Å²) in [5.74, 6) is 0.472. The molecule has 2 aliphatic heterocycles. The highest BCUT2D eigenvalue weighted by Crippen LogP contribution is 2.21. The number of carbonyl (C=O) groups excluding carboxylic acids is 1. The molecule has 2 saturated heterocycles. The van der Waals surface area contributed by atoms with Crippen LogP contribution in [0.3, 0.4) is 0 Å². The first-order valence-corrected chi connectivity index (χ1v) is 8.76. The smallest absolute Gasteiger partial charge is 0.320 e. The van der Waals surface area contributed by atoms with Gasteiger partial charge in [0.15, 0.2) is 0 Å². The molecule has 0 atom stereocenters. The number of halogens is 1. The quantitative estimate of drug-likeness (QED) is 0.749. The molecule has 2 amide bonds. The van der Waals surface area contributed by atoms with Crippen molar-refractivity contribution >= 4 is 6.03 Å². The summed E-state index contributed by atoms with van der Waals surface area (Å²) >= 11 is 0. The molecule has 132 valence electrons. The van der Waals surface area contributed by atoms with Gasteiger partial charge < -0.3 is 19.4 Å². The molecule has 0 N–H and O–H groups in total. The van der Waals surface area contributed by atoms with Gasteiger partial charge in [-0.05, 0) is 43.5 Å². The first-order valence-electron chi connectivity index (χ1n) is 8.76. The van der Waals surface area contributed by atoms with Crippen LogP contribution in [-0.2, 0) is 0 Å². The van der Waals surface area contributed by atoms with E-state index in [1.807, 2.05) is 11.9 Å². The Hall–Kier alpha value is -1.82. The van der Waals surface area contributed by atoms with Gasteiger partial charge in [-0.25, -0.2) is 9.18 Å². The molecular weight excluding hydrogens is 309 g/mol. The molecule has 2 aliphatic rings. The molecule has 0 aromatic heterocycles. The van der Waals surface area contributed by atoms with E-state index in [0.717, 1.165) is 52.0 Å². The summed E-state index contributed by atoms with van der Waals surface area (Å²) in [4.78, 5) is 18.3. The van der Waals surface area contributed by atoms with Crippen molar-refractivity contribution in [3.05, 3.63) is 30.1 Å². The predicted molar refractivity (Wildman–Crippen MR) is 90.7 cm³/mol. The minimum absolute atomic E-state index is 0.182. The van der Waals surface area contributed by atoms with Crippen LogP contribution in [0.15, 0.2) is 24.3 Å². The summed E-state index contributed by atoms with van der Waals surface area (Å²) in [6.07, 6.45) is 3.06. The van der Waals surface area contributed by atoms with Crippen molar-refractivity contribution in [3.8, 4) is 5.75 Å². The Kier molecular flexibility index (Phi) is 5.56. The molecule has 0 spiro atoms. The number of rotatable bonds is 6. The standard InChI is InChI=1S/C18H26FN3O2/c1-20-12-13-22(18(20)23)16-7-10-21(11-8-16)9-2-14-24-17-5-3-15(19)4-6-17/h3-6,16H,2,7-14H2,1H3. The van der Waals surface area contributed by atoms with Gasteiger partial charge in [0, 0.05) is 45.8 Å². The highest BCUT2D eigenvalue weighted by atomic mass is 19.1. The van der Waals surface area contributed by atoms with Crippen LogP contribution >= 0.6 is 0 Å². The second-order valence-electron chi connectivity index (χ2n) is 6.63. The zero-order valence-electron chi connectivity index (χ0n) is 14.3. The average molecular weight is 335 g/mol. The van der Waals surface area contributed by atoms with Crippen molar-refractivity contribution in [2.45, 2.75) is 25.3 Å². The third kappa shape index (κ3) is 4.17. The second kappa shape index (κ2) is 7.83. The largest absolute Gasteiger partial charge is 0.494 e. The topological polar surface area (TPSA) is 36.0 Å². The SMILES string of the molecule is CN1CCN(C2CCN(CCCOc3ccc(F)cc3)CC2)C1=O. The Bertz CT molecular complexity index is 544. The van der Waals surface area contributed by atoms with Gasteiger partial charge in [0.2, 0.25) is 0 Å². The van der Waals surface area contributed by atoms with E-state index in [2.05, 4.69) is 4.90 Å². The van der Waals surface area contributed by atoms with E-state index in [1.165, 1.54) is 12.1 Å².